The highest BCUT2D eigenvalue weighted by Crippen LogP contribution is 2.38. The fourth-order valence-corrected chi connectivity index (χ4v) is 4.35. The van der Waals surface area contributed by atoms with Gasteiger partial charge in [-0.05, 0) is 42.9 Å². The third kappa shape index (κ3) is 2.79. The lowest BCUT2D eigenvalue weighted by molar-refractivity contribution is -0.135. The van der Waals surface area contributed by atoms with Crippen LogP contribution in [0.1, 0.15) is 50.5 Å². The topological polar surface area (TPSA) is 38.8 Å². The predicted molar refractivity (Wildman–Crippen MR) is 87.6 cm³/mol. The van der Waals surface area contributed by atoms with Crippen molar-refractivity contribution < 1.29 is 14.3 Å². The minimum absolute atomic E-state index is 0.188. The lowest BCUT2D eigenvalue weighted by atomic mass is 9.91. The van der Waals surface area contributed by atoms with E-state index in [9.17, 15) is 4.79 Å². The van der Waals surface area contributed by atoms with Gasteiger partial charge in [0.15, 0.2) is 11.5 Å². The van der Waals surface area contributed by atoms with Crippen molar-refractivity contribution in [2.75, 3.05) is 19.9 Å². The molecule has 0 bridgehead atoms. The second-order valence-corrected chi connectivity index (χ2v) is 7.22. The maximum atomic E-state index is 12.8. The van der Waals surface area contributed by atoms with Crippen molar-refractivity contribution in [3.63, 3.8) is 0 Å². The van der Waals surface area contributed by atoms with E-state index >= 15 is 0 Å². The number of carbonyl (C=O) groups excluding carboxylic acids is 1. The molecule has 2 aliphatic heterocycles. The summed E-state index contributed by atoms with van der Waals surface area (Å²) in [6, 6.07) is 6.19. The summed E-state index contributed by atoms with van der Waals surface area (Å²) >= 11 is 0. The lowest BCUT2D eigenvalue weighted by Gasteiger charge is -2.25. The summed E-state index contributed by atoms with van der Waals surface area (Å²) in [6.45, 7) is 4.17. The van der Waals surface area contributed by atoms with Gasteiger partial charge in [0.1, 0.15) is 0 Å². The van der Waals surface area contributed by atoms with Crippen LogP contribution >= 0.6 is 0 Å². The largest absolute Gasteiger partial charge is 0.454 e. The van der Waals surface area contributed by atoms with Crippen molar-refractivity contribution in [1.29, 1.82) is 0 Å². The first-order valence-electron chi connectivity index (χ1n) is 8.90. The van der Waals surface area contributed by atoms with Crippen LogP contribution in [0, 0.1) is 11.8 Å². The van der Waals surface area contributed by atoms with E-state index in [1.54, 1.807) is 0 Å². The molecule has 1 aromatic carbocycles. The molecule has 2 atom stereocenters. The zero-order valence-electron chi connectivity index (χ0n) is 13.8. The minimum atomic E-state index is 0.188. The van der Waals surface area contributed by atoms with Crippen LogP contribution in [0.5, 0.6) is 11.5 Å². The van der Waals surface area contributed by atoms with Gasteiger partial charge in [-0.3, -0.25) is 4.79 Å². The van der Waals surface area contributed by atoms with E-state index in [1.165, 1.54) is 31.2 Å². The third-order valence-corrected chi connectivity index (χ3v) is 5.86. The Hall–Kier alpha value is -1.71. The second-order valence-electron chi connectivity index (χ2n) is 7.22. The Morgan fingerprint density at radius 2 is 1.96 bits per heavy atom. The fourth-order valence-electron chi connectivity index (χ4n) is 4.35. The molecule has 0 aromatic heterocycles. The standard InChI is InChI=1S/C19H25NO3/c1-13(14-4-2-3-5-14)19(21)20-9-8-16(11-20)15-6-7-17-18(10-15)23-12-22-17/h6-7,10,13-14,16H,2-5,8-9,11-12H2,1H3. The highest BCUT2D eigenvalue weighted by atomic mass is 16.7. The molecule has 1 amide bonds. The van der Waals surface area contributed by atoms with Crippen molar-refractivity contribution in [3.8, 4) is 11.5 Å². The molecular weight excluding hydrogens is 290 g/mol. The number of benzene rings is 1. The first kappa shape index (κ1) is 14.9. The average molecular weight is 315 g/mol. The molecule has 0 radical (unpaired) electrons. The van der Waals surface area contributed by atoms with Crippen LogP contribution in [-0.2, 0) is 4.79 Å². The molecule has 4 heteroatoms. The van der Waals surface area contributed by atoms with Crippen molar-refractivity contribution in [3.05, 3.63) is 23.8 Å². The predicted octanol–water partition coefficient (Wildman–Crippen LogP) is 3.56. The lowest BCUT2D eigenvalue weighted by Crippen LogP contribution is -2.35. The third-order valence-electron chi connectivity index (χ3n) is 5.86. The van der Waals surface area contributed by atoms with Gasteiger partial charge in [-0.15, -0.1) is 0 Å². The van der Waals surface area contributed by atoms with Crippen LogP contribution in [-0.4, -0.2) is 30.7 Å². The molecule has 3 aliphatic rings. The number of fused-ring (bicyclic) bond motifs is 1. The van der Waals surface area contributed by atoms with E-state index in [4.69, 9.17) is 9.47 Å². The first-order valence-corrected chi connectivity index (χ1v) is 8.90. The zero-order chi connectivity index (χ0) is 15.8. The molecule has 2 unspecified atom stereocenters. The fraction of sp³-hybridized carbons (Fsp3) is 0.632. The highest BCUT2D eigenvalue weighted by molar-refractivity contribution is 5.79. The highest BCUT2D eigenvalue weighted by Gasteiger charge is 2.34. The van der Waals surface area contributed by atoms with E-state index < -0.39 is 0 Å². The average Bonchev–Trinajstić information content (AvgIpc) is 3.33. The van der Waals surface area contributed by atoms with Crippen LogP contribution < -0.4 is 9.47 Å². The Kier molecular flexibility index (Phi) is 3.92. The quantitative estimate of drug-likeness (QED) is 0.856. The normalized spacial score (nSPS) is 25.1. The molecule has 1 saturated carbocycles. The number of likely N-dealkylation sites (tertiary alicyclic amines) is 1. The van der Waals surface area contributed by atoms with Gasteiger partial charge in [-0.1, -0.05) is 25.8 Å². The smallest absolute Gasteiger partial charge is 0.231 e. The maximum Gasteiger partial charge on any atom is 0.231 e. The molecule has 23 heavy (non-hydrogen) atoms. The molecule has 1 saturated heterocycles. The van der Waals surface area contributed by atoms with Gasteiger partial charge < -0.3 is 14.4 Å². The number of ether oxygens (including phenoxy) is 2. The van der Waals surface area contributed by atoms with Gasteiger partial charge in [0, 0.05) is 24.9 Å². The van der Waals surface area contributed by atoms with E-state index in [0.717, 1.165) is 31.0 Å². The summed E-state index contributed by atoms with van der Waals surface area (Å²) in [6.07, 6.45) is 6.09. The summed E-state index contributed by atoms with van der Waals surface area (Å²) in [4.78, 5) is 14.9. The molecule has 2 heterocycles. The van der Waals surface area contributed by atoms with Crippen LogP contribution in [0.25, 0.3) is 0 Å². The SMILES string of the molecule is CC(C(=O)N1CCC(c2ccc3c(c2)OCO3)C1)C1CCCC1. The molecule has 124 valence electrons. The van der Waals surface area contributed by atoms with Crippen LogP contribution in [0.3, 0.4) is 0 Å². The minimum Gasteiger partial charge on any atom is -0.454 e. The van der Waals surface area contributed by atoms with E-state index in [1.807, 2.05) is 6.07 Å². The molecule has 2 fully saturated rings. The molecular formula is C19H25NO3. The zero-order valence-corrected chi connectivity index (χ0v) is 13.8. The van der Waals surface area contributed by atoms with Crippen molar-refractivity contribution in [2.45, 2.75) is 44.9 Å². The van der Waals surface area contributed by atoms with E-state index in [0.29, 0.717) is 24.5 Å². The van der Waals surface area contributed by atoms with Gasteiger partial charge in [-0.2, -0.15) is 0 Å². The van der Waals surface area contributed by atoms with Gasteiger partial charge in [0.25, 0.3) is 0 Å². The van der Waals surface area contributed by atoms with Crippen molar-refractivity contribution in [2.24, 2.45) is 11.8 Å². The van der Waals surface area contributed by atoms with Gasteiger partial charge in [0.05, 0.1) is 0 Å². The Morgan fingerprint density at radius 1 is 1.17 bits per heavy atom. The summed E-state index contributed by atoms with van der Waals surface area (Å²) in [5, 5.41) is 0. The van der Waals surface area contributed by atoms with E-state index in [2.05, 4.69) is 24.0 Å². The van der Waals surface area contributed by atoms with Gasteiger partial charge in [-0.25, -0.2) is 0 Å². The molecule has 4 rings (SSSR count). The molecule has 0 N–H and O–H groups in total. The summed E-state index contributed by atoms with van der Waals surface area (Å²) in [5.74, 6) is 3.24. The summed E-state index contributed by atoms with van der Waals surface area (Å²) in [5.41, 5.74) is 1.26. The van der Waals surface area contributed by atoms with Crippen molar-refractivity contribution in [1.82, 2.24) is 4.90 Å². The second kappa shape index (κ2) is 6.06. The van der Waals surface area contributed by atoms with E-state index in [-0.39, 0.29) is 5.92 Å². The van der Waals surface area contributed by atoms with Crippen molar-refractivity contribution >= 4 is 5.91 Å². The monoisotopic (exact) mass is 315 g/mol. The first-order chi connectivity index (χ1) is 11.2. The molecule has 0 spiro atoms. The maximum absolute atomic E-state index is 12.8. The number of carbonyl (C=O) groups is 1. The van der Waals surface area contributed by atoms with Crippen LogP contribution in [0.4, 0.5) is 0 Å². The molecule has 1 aromatic rings. The summed E-state index contributed by atoms with van der Waals surface area (Å²) < 4.78 is 10.9. The number of rotatable bonds is 3. The number of hydrogen-bond acceptors (Lipinski definition) is 3. The Morgan fingerprint density at radius 3 is 2.78 bits per heavy atom. The Labute approximate surface area is 137 Å². The Bertz CT molecular complexity index is 594. The molecule has 1 aliphatic carbocycles. The van der Waals surface area contributed by atoms with Crippen LogP contribution in [0.15, 0.2) is 18.2 Å². The summed E-state index contributed by atoms with van der Waals surface area (Å²) in [7, 11) is 0. The number of hydrogen-bond donors (Lipinski definition) is 0. The Balaban J connectivity index is 1.41. The number of nitrogens with zero attached hydrogens (tertiary/aromatic N) is 1. The number of amides is 1. The van der Waals surface area contributed by atoms with Gasteiger partial charge in [0.2, 0.25) is 12.7 Å². The van der Waals surface area contributed by atoms with Crippen LogP contribution in [0.2, 0.25) is 0 Å². The molecule has 4 nitrogen and oxygen atoms in total. The van der Waals surface area contributed by atoms with Gasteiger partial charge >= 0.3 is 0 Å².